The lowest BCUT2D eigenvalue weighted by Crippen LogP contribution is -2.18. The van der Waals surface area contributed by atoms with Gasteiger partial charge in [0.05, 0.1) is 0 Å². The van der Waals surface area contributed by atoms with Crippen molar-refractivity contribution in [2.45, 2.75) is 13.1 Å². The molecule has 0 spiro atoms. The van der Waals surface area contributed by atoms with Gasteiger partial charge < -0.3 is 9.52 Å². The third kappa shape index (κ3) is 3.82. The highest BCUT2D eigenvalue weighted by Gasteiger charge is 2.13. The lowest BCUT2D eigenvalue weighted by molar-refractivity contribution is 0.319. The van der Waals surface area contributed by atoms with Crippen molar-refractivity contribution in [2.75, 3.05) is 7.05 Å². The Bertz CT molecular complexity index is 1150. The number of nitrogens with zero attached hydrogens (tertiary/aromatic N) is 1. The minimum Gasteiger partial charge on any atom is -0.507 e. The first kappa shape index (κ1) is 18.0. The molecule has 0 unspecified atom stereocenters. The minimum atomic E-state index is -0.389. The molecule has 4 heteroatoms. The Morgan fingerprint density at radius 2 is 1.57 bits per heavy atom. The first-order chi connectivity index (χ1) is 13.6. The van der Waals surface area contributed by atoms with Crippen LogP contribution in [0.4, 0.5) is 0 Å². The summed E-state index contributed by atoms with van der Waals surface area (Å²) in [5, 5.41) is 11.3. The van der Waals surface area contributed by atoms with Crippen LogP contribution in [0.3, 0.4) is 0 Å². The lowest BCUT2D eigenvalue weighted by Gasteiger charge is -2.18. The number of hydrogen-bond acceptors (Lipinski definition) is 4. The van der Waals surface area contributed by atoms with E-state index in [1.54, 1.807) is 12.1 Å². The summed E-state index contributed by atoms with van der Waals surface area (Å²) in [4.78, 5) is 14.3. The molecule has 0 amide bonds. The smallest absolute Gasteiger partial charge is 0.336 e. The van der Waals surface area contributed by atoms with Crippen LogP contribution in [-0.2, 0) is 13.1 Å². The third-order valence-electron chi connectivity index (χ3n) is 4.77. The number of rotatable bonds is 5. The average molecular weight is 371 g/mol. The second-order valence-electron chi connectivity index (χ2n) is 6.98. The first-order valence-electron chi connectivity index (χ1n) is 9.18. The number of fused-ring (bicyclic) bond motifs is 1. The molecule has 0 bridgehead atoms. The van der Waals surface area contributed by atoms with Crippen molar-refractivity contribution in [2.24, 2.45) is 0 Å². The van der Waals surface area contributed by atoms with Crippen LogP contribution in [0.5, 0.6) is 5.75 Å². The molecule has 140 valence electrons. The average Bonchev–Trinajstić information content (AvgIpc) is 2.69. The molecule has 0 fully saturated rings. The van der Waals surface area contributed by atoms with Gasteiger partial charge in [-0.05, 0) is 35.9 Å². The van der Waals surface area contributed by atoms with Crippen LogP contribution in [0.2, 0.25) is 0 Å². The van der Waals surface area contributed by atoms with Gasteiger partial charge >= 0.3 is 5.63 Å². The van der Waals surface area contributed by atoms with Crippen LogP contribution in [0.15, 0.2) is 88.1 Å². The van der Waals surface area contributed by atoms with Crippen LogP contribution in [0.25, 0.3) is 22.1 Å². The molecule has 1 aromatic heterocycles. The van der Waals surface area contributed by atoms with E-state index in [0.29, 0.717) is 17.7 Å². The van der Waals surface area contributed by atoms with E-state index in [-0.39, 0.29) is 11.4 Å². The maximum absolute atomic E-state index is 12.1. The van der Waals surface area contributed by atoms with E-state index in [1.807, 2.05) is 55.6 Å². The van der Waals surface area contributed by atoms with Crippen molar-refractivity contribution in [1.82, 2.24) is 4.90 Å². The second-order valence-corrected chi connectivity index (χ2v) is 6.98. The van der Waals surface area contributed by atoms with Crippen molar-refractivity contribution in [3.05, 3.63) is 100 Å². The number of hydrogen-bond donors (Lipinski definition) is 1. The largest absolute Gasteiger partial charge is 0.507 e. The Morgan fingerprint density at radius 3 is 2.29 bits per heavy atom. The number of phenols is 1. The lowest BCUT2D eigenvalue weighted by atomic mass is 10.0. The number of aromatic hydroxyl groups is 1. The molecule has 3 aromatic carbocycles. The summed E-state index contributed by atoms with van der Waals surface area (Å²) in [6.45, 7) is 1.33. The highest BCUT2D eigenvalue weighted by molar-refractivity contribution is 5.88. The van der Waals surface area contributed by atoms with Crippen LogP contribution in [0.1, 0.15) is 11.1 Å². The van der Waals surface area contributed by atoms with E-state index < -0.39 is 0 Å². The molecule has 0 atom stereocenters. The molecule has 4 nitrogen and oxygen atoms in total. The Labute approximate surface area is 163 Å². The topological polar surface area (TPSA) is 53.7 Å². The van der Waals surface area contributed by atoms with Crippen LogP contribution < -0.4 is 5.63 Å². The molecular formula is C24H21NO3. The van der Waals surface area contributed by atoms with Crippen LogP contribution in [0, 0.1) is 0 Å². The van der Waals surface area contributed by atoms with Gasteiger partial charge in [-0.2, -0.15) is 0 Å². The zero-order valence-corrected chi connectivity index (χ0v) is 15.6. The summed E-state index contributed by atoms with van der Waals surface area (Å²) in [5.74, 6) is 0.166. The molecule has 0 aliphatic carbocycles. The zero-order chi connectivity index (χ0) is 19.5. The first-order valence-corrected chi connectivity index (χ1v) is 9.18. The SMILES string of the molecule is CN(Cc1ccccc1)Cc1cc(=O)oc2cc(-c3ccccc3)c(O)cc12. The number of phenolic OH excluding ortho intramolecular Hbond substituents is 1. The fourth-order valence-corrected chi connectivity index (χ4v) is 3.48. The standard InChI is InChI=1S/C24H21NO3/c1-25(15-17-8-4-2-5-9-17)16-19-12-24(27)28-23-14-20(22(26)13-21(19)23)18-10-6-3-7-11-18/h2-14,26H,15-16H2,1H3. The zero-order valence-electron chi connectivity index (χ0n) is 15.6. The van der Waals surface area contributed by atoms with Gasteiger partial charge in [-0.25, -0.2) is 4.79 Å². The molecule has 0 saturated heterocycles. The molecule has 0 radical (unpaired) electrons. The predicted molar refractivity (Wildman–Crippen MR) is 111 cm³/mol. The molecule has 28 heavy (non-hydrogen) atoms. The molecule has 1 heterocycles. The van der Waals surface area contributed by atoms with Gasteiger partial charge in [-0.15, -0.1) is 0 Å². The van der Waals surface area contributed by atoms with Crippen molar-refractivity contribution >= 4 is 11.0 Å². The Hall–Kier alpha value is -3.37. The van der Waals surface area contributed by atoms with Crippen molar-refractivity contribution in [3.8, 4) is 16.9 Å². The highest BCUT2D eigenvalue weighted by atomic mass is 16.4. The van der Waals surface area contributed by atoms with E-state index >= 15 is 0 Å². The molecular weight excluding hydrogens is 350 g/mol. The van der Waals surface area contributed by atoms with Crippen molar-refractivity contribution < 1.29 is 9.52 Å². The fraction of sp³-hybridized carbons (Fsp3) is 0.125. The van der Waals surface area contributed by atoms with Crippen LogP contribution >= 0.6 is 0 Å². The van der Waals surface area contributed by atoms with E-state index in [4.69, 9.17) is 4.42 Å². The maximum Gasteiger partial charge on any atom is 0.336 e. The van der Waals surface area contributed by atoms with Gasteiger partial charge in [0.2, 0.25) is 0 Å². The molecule has 4 aromatic rings. The quantitative estimate of drug-likeness (QED) is 0.512. The molecule has 0 saturated carbocycles. The third-order valence-corrected chi connectivity index (χ3v) is 4.77. The summed E-state index contributed by atoms with van der Waals surface area (Å²) >= 11 is 0. The summed E-state index contributed by atoms with van der Waals surface area (Å²) in [6, 6.07) is 24.7. The highest BCUT2D eigenvalue weighted by Crippen LogP contribution is 2.34. The van der Waals surface area contributed by atoms with E-state index in [2.05, 4.69) is 17.0 Å². The summed E-state index contributed by atoms with van der Waals surface area (Å²) in [6.07, 6.45) is 0. The van der Waals surface area contributed by atoms with Gasteiger partial charge in [0.15, 0.2) is 0 Å². The summed E-state index contributed by atoms with van der Waals surface area (Å²) in [5.41, 5.74) is 3.64. The van der Waals surface area contributed by atoms with E-state index in [0.717, 1.165) is 23.1 Å². The Balaban J connectivity index is 1.71. The maximum atomic E-state index is 12.1. The monoisotopic (exact) mass is 371 g/mol. The normalized spacial score (nSPS) is 11.2. The van der Waals surface area contributed by atoms with Crippen molar-refractivity contribution in [3.63, 3.8) is 0 Å². The summed E-state index contributed by atoms with van der Waals surface area (Å²) in [7, 11) is 2.01. The molecule has 4 rings (SSSR count). The van der Waals surface area contributed by atoms with E-state index in [9.17, 15) is 9.90 Å². The fourth-order valence-electron chi connectivity index (χ4n) is 3.48. The predicted octanol–water partition coefficient (Wildman–Crippen LogP) is 4.80. The molecule has 0 aliphatic heterocycles. The minimum absolute atomic E-state index is 0.166. The van der Waals surface area contributed by atoms with Gasteiger partial charge in [0.25, 0.3) is 0 Å². The Kier molecular flexibility index (Phi) is 4.96. The van der Waals surface area contributed by atoms with Gasteiger partial charge in [0.1, 0.15) is 11.3 Å². The Morgan fingerprint density at radius 1 is 0.893 bits per heavy atom. The molecule has 0 aliphatic rings. The van der Waals surface area contributed by atoms with Crippen molar-refractivity contribution in [1.29, 1.82) is 0 Å². The second kappa shape index (κ2) is 7.71. The van der Waals surface area contributed by atoms with Crippen LogP contribution in [-0.4, -0.2) is 17.1 Å². The molecule has 1 N–H and O–H groups in total. The summed E-state index contributed by atoms with van der Waals surface area (Å²) < 4.78 is 5.43. The van der Waals surface area contributed by atoms with Gasteiger partial charge in [-0.3, -0.25) is 4.90 Å². The van der Waals surface area contributed by atoms with Gasteiger partial charge in [0, 0.05) is 30.1 Å². The number of benzene rings is 3. The van der Waals surface area contributed by atoms with E-state index in [1.165, 1.54) is 11.6 Å². The van der Waals surface area contributed by atoms with Gasteiger partial charge in [-0.1, -0.05) is 60.7 Å².